The van der Waals surface area contributed by atoms with Gasteiger partial charge < -0.3 is 15.8 Å². The Bertz CT molecular complexity index is 432. The first-order chi connectivity index (χ1) is 11.5. The third-order valence-electron chi connectivity index (χ3n) is 6.63. The van der Waals surface area contributed by atoms with E-state index in [-0.39, 0.29) is 35.3 Å². The number of nitrogens with one attached hydrogen (secondary N) is 1. The van der Waals surface area contributed by atoms with Crippen LogP contribution >= 0.6 is 12.4 Å². The number of amides is 1. The van der Waals surface area contributed by atoms with E-state index >= 15 is 0 Å². The maximum Gasteiger partial charge on any atom is 0.225 e. The van der Waals surface area contributed by atoms with Crippen molar-refractivity contribution in [3.8, 4) is 0 Å². The predicted molar refractivity (Wildman–Crippen MR) is 103 cm³/mol. The van der Waals surface area contributed by atoms with Gasteiger partial charge in [-0.2, -0.15) is 0 Å². The van der Waals surface area contributed by atoms with Gasteiger partial charge in [-0.15, -0.1) is 12.4 Å². The lowest BCUT2D eigenvalue weighted by Crippen LogP contribution is -2.61. The summed E-state index contributed by atoms with van der Waals surface area (Å²) in [5.74, 6) is 0.148. The largest absolute Gasteiger partial charge is 0.379 e. The second kappa shape index (κ2) is 9.03. The van der Waals surface area contributed by atoms with E-state index in [0.29, 0.717) is 0 Å². The number of hydrogen-bond acceptors (Lipinski definition) is 4. The van der Waals surface area contributed by atoms with Crippen molar-refractivity contribution in [1.82, 2.24) is 10.2 Å². The van der Waals surface area contributed by atoms with Crippen LogP contribution in [0.25, 0.3) is 0 Å². The molecular weight excluding hydrogens is 338 g/mol. The predicted octanol–water partition coefficient (Wildman–Crippen LogP) is 2.47. The van der Waals surface area contributed by atoms with Crippen LogP contribution in [-0.2, 0) is 9.53 Å². The number of hydrogen-bond donors (Lipinski definition) is 2. The first-order valence-electron chi connectivity index (χ1n) is 9.93. The highest BCUT2D eigenvalue weighted by Gasteiger charge is 2.41. The molecule has 5 nitrogen and oxygen atoms in total. The molecule has 0 bridgehead atoms. The summed E-state index contributed by atoms with van der Waals surface area (Å²) in [5, 5.41) is 3.31. The van der Waals surface area contributed by atoms with Gasteiger partial charge in [0.15, 0.2) is 0 Å². The molecule has 0 aromatic heterocycles. The van der Waals surface area contributed by atoms with Gasteiger partial charge in [-0.05, 0) is 32.6 Å². The lowest BCUT2D eigenvalue weighted by Gasteiger charge is -2.48. The molecule has 146 valence electrons. The van der Waals surface area contributed by atoms with Crippen molar-refractivity contribution >= 4 is 18.3 Å². The van der Waals surface area contributed by atoms with Gasteiger partial charge >= 0.3 is 0 Å². The number of nitrogens with zero attached hydrogens (tertiary/aromatic N) is 1. The first kappa shape index (κ1) is 20.9. The second-order valence-electron chi connectivity index (χ2n) is 8.41. The number of rotatable bonds is 4. The van der Waals surface area contributed by atoms with E-state index < -0.39 is 0 Å². The van der Waals surface area contributed by atoms with Crippen LogP contribution in [0.4, 0.5) is 0 Å². The van der Waals surface area contributed by atoms with Gasteiger partial charge in [0.25, 0.3) is 0 Å². The fourth-order valence-corrected chi connectivity index (χ4v) is 5.02. The summed E-state index contributed by atoms with van der Waals surface area (Å²) in [7, 11) is 0. The average molecular weight is 374 g/mol. The molecule has 6 heteroatoms. The van der Waals surface area contributed by atoms with E-state index in [4.69, 9.17) is 10.5 Å². The normalized spacial score (nSPS) is 33.3. The van der Waals surface area contributed by atoms with Crippen LogP contribution in [0.1, 0.15) is 64.7 Å². The van der Waals surface area contributed by atoms with Crippen molar-refractivity contribution in [2.24, 2.45) is 11.7 Å². The van der Waals surface area contributed by atoms with Gasteiger partial charge in [-0.3, -0.25) is 9.69 Å². The van der Waals surface area contributed by atoms with Crippen LogP contribution in [0.3, 0.4) is 0 Å². The molecule has 0 aromatic carbocycles. The highest BCUT2D eigenvalue weighted by molar-refractivity contribution is 5.85. The molecule has 2 unspecified atom stereocenters. The number of morpholine rings is 1. The number of carbonyl (C=O) groups is 1. The standard InChI is InChI=1S/C19H35N3O2.ClH/c1-18(20)8-6-3-7-16(18)17(23)21-15-19(9-4-2-5-10-19)22-11-13-24-14-12-22;/h16H,2-15,20H2,1H3,(H,21,23);1H. The van der Waals surface area contributed by atoms with Gasteiger partial charge in [0.05, 0.1) is 19.1 Å². The molecule has 3 fully saturated rings. The molecule has 0 spiro atoms. The van der Waals surface area contributed by atoms with Crippen molar-refractivity contribution in [3.63, 3.8) is 0 Å². The van der Waals surface area contributed by atoms with Crippen LogP contribution in [0.5, 0.6) is 0 Å². The van der Waals surface area contributed by atoms with Gasteiger partial charge in [0.2, 0.25) is 5.91 Å². The summed E-state index contributed by atoms with van der Waals surface area (Å²) in [5.41, 5.74) is 6.21. The lowest BCUT2D eigenvalue weighted by molar-refractivity contribution is -0.129. The van der Waals surface area contributed by atoms with Crippen LogP contribution in [-0.4, -0.2) is 54.7 Å². The molecule has 1 saturated heterocycles. The molecule has 2 saturated carbocycles. The van der Waals surface area contributed by atoms with Crippen LogP contribution in [0, 0.1) is 5.92 Å². The van der Waals surface area contributed by atoms with Crippen LogP contribution < -0.4 is 11.1 Å². The zero-order valence-corrected chi connectivity index (χ0v) is 16.5. The third kappa shape index (κ3) is 4.88. The molecule has 1 heterocycles. The summed E-state index contributed by atoms with van der Waals surface area (Å²) in [4.78, 5) is 15.4. The fourth-order valence-electron chi connectivity index (χ4n) is 5.02. The van der Waals surface area contributed by atoms with E-state index in [0.717, 1.165) is 58.5 Å². The number of halogens is 1. The lowest BCUT2D eigenvalue weighted by atomic mass is 9.74. The first-order valence-corrected chi connectivity index (χ1v) is 9.93. The Morgan fingerprint density at radius 3 is 2.40 bits per heavy atom. The number of nitrogens with two attached hydrogens (primary N) is 1. The molecule has 3 N–H and O–H groups in total. The maximum absolute atomic E-state index is 12.8. The highest BCUT2D eigenvalue weighted by Crippen LogP contribution is 2.35. The van der Waals surface area contributed by atoms with E-state index in [1.165, 1.54) is 32.1 Å². The van der Waals surface area contributed by atoms with Crippen LogP contribution in [0.2, 0.25) is 0 Å². The van der Waals surface area contributed by atoms with E-state index in [1.54, 1.807) is 0 Å². The zero-order valence-electron chi connectivity index (χ0n) is 15.7. The van der Waals surface area contributed by atoms with Crippen LogP contribution in [0.15, 0.2) is 0 Å². The molecule has 3 rings (SSSR count). The molecule has 25 heavy (non-hydrogen) atoms. The summed E-state index contributed by atoms with van der Waals surface area (Å²) >= 11 is 0. The summed E-state index contributed by atoms with van der Waals surface area (Å²) in [6.07, 6.45) is 10.4. The summed E-state index contributed by atoms with van der Waals surface area (Å²) in [6, 6.07) is 0. The fraction of sp³-hybridized carbons (Fsp3) is 0.947. The zero-order chi connectivity index (χ0) is 17.0. The third-order valence-corrected chi connectivity index (χ3v) is 6.63. The summed E-state index contributed by atoms with van der Waals surface area (Å²) in [6.45, 7) is 6.45. The van der Waals surface area contributed by atoms with Crippen molar-refractivity contribution in [3.05, 3.63) is 0 Å². The Labute approximate surface area is 158 Å². The van der Waals surface area contributed by atoms with Gasteiger partial charge in [-0.1, -0.05) is 32.1 Å². The second-order valence-corrected chi connectivity index (χ2v) is 8.41. The van der Waals surface area contributed by atoms with E-state index in [1.807, 2.05) is 0 Å². The van der Waals surface area contributed by atoms with Crippen molar-refractivity contribution in [2.45, 2.75) is 75.8 Å². The smallest absolute Gasteiger partial charge is 0.225 e. The molecule has 2 aliphatic carbocycles. The molecule has 0 radical (unpaired) electrons. The molecule has 0 aromatic rings. The maximum atomic E-state index is 12.8. The van der Waals surface area contributed by atoms with Gasteiger partial charge in [0.1, 0.15) is 0 Å². The molecule has 2 atom stereocenters. The molecular formula is C19H36ClN3O2. The monoisotopic (exact) mass is 373 g/mol. The molecule has 1 aliphatic heterocycles. The Balaban J connectivity index is 0.00000225. The Kier molecular flexibility index (Phi) is 7.56. The van der Waals surface area contributed by atoms with E-state index in [9.17, 15) is 4.79 Å². The number of ether oxygens (including phenoxy) is 1. The molecule has 3 aliphatic rings. The Morgan fingerprint density at radius 1 is 1.12 bits per heavy atom. The van der Waals surface area contributed by atoms with Gasteiger partial charge in [0, 0.05) is 30.7 Å². The minimum atomic E-state index is -0.346. The average Bonchev–Trinajstić information content (AvgIpc) is 2.61. The van der Waals surface area contributed by atoms with Crippen molar-refractivity contribution in [2.75, 3.05) is 32.8 Å². The van der Waals surface area contributed by atoms with E-state index in [2.05, 4.69) is 17.1 Å². The number of carbonyl (C=O) groups excluding carboxylic acids is 1. The van der Waals surface area contributed by atoms with Gasteiger partial charge in [-0.25, -0.2) is 0 Å². The minimum absolute atomic E-state index is 0. The minimum Gasteiger partial charge on any atom is -0.379 e. The van der Waals surface area contributed by atoms with Crippen molar-refractivity contribution < 1.29 is 9.53 Å². The summed E-state index contributed by atoms with van der Waals surface area (Å²) < 4.78 is 5.54. The topological polar surface area (TPSA) is 67.6 Å². The Hall–Kier alpha value is -0.360. The highest BCUT2D eigenvalue weighted by atomic mass is 35.5. The Morgan fingerprint density at radius 2 is 1.76 bits per heavy atom. The molecule has 1 amide bonds. The van der Waals surface area contributed by atoms with Crippen molar-refractivity contribution in [1.29, 1.82) is 0 Å². The quantitative estimate of drug-likeness (QED) is 0.794. The SMILES string of the molecule is CC1(N)CCCCC1C(=O)NCC1(N2CCOCC2)CCCCC1.Cl.